The molecule has 1 aliphatic carbocycles. The average Bonchev–Trinajstić information content (AvgIpc) is 2.98. The summed E-state index contributed by atoms with van der Waals surface area (Å²) in [4.78, 5) is 14.0. The second-order valence-corrected chi connectivity index (χ2v) is 6.40. The first-order valence-electron chi connectivity index (χ1n) is 8.93. The quantitative estimate of drug-likeness (QED) is 0.864. The highest BCUT2D eigenvalue weighted by Crippen LogP contribution is 2.44. The molecule has 3 rings (SSSR count). The minimum atomic E-state index is -0.513. The maximum absolute atomic E-state index is 12.4. The summed E-state index contributed by atoms with van der Waals surface area (Å²) in [5, 5.41) is 9.80. The lowest BCUT2D eigenvalue weighted by molar-refractivity contribution is 0.0723. The van der Waals surface area contributed by atoms with Crippen LogP contribution in [0.5, 0.6) is 0 Å². The summed E-state index contributed by atoms with van der Waals surface area (Å²) >= 11 is 0. The van der Waals surface area contributed by atoms with Gasteiger partial charge in [0.05, 0.1) is 6.10 Å². The third-order valence-electron chi connectivity index (χ3n) is 4.88. The molecular formula is C21H25NO3. The Hall–Kier alpha value is -2.33. The van der Waals surface area contributed by atoms with Crippen LogP contribution < -0.4 is 0 Å². The van der Waals surface area contributed by atoms with Gasteiger partial charge >= 0.3 is 6.09 Å². The standard InChI is InChI=1S/C21H25NO3/c1-3-15(23)13-22(4-2)21(24)25-14-20-18-11-7-5-9-16(18)17-10-6-8-12-19(17)20/h5-12,15,20,23H,3-4,13-14H2,1-2H3/t15-/m1/s1. The number of aliphatic hydroxyl groups is 1. The molecule has 0 fully saturated rings. The van der Waals surface area contributed by atoms with E-state index in [4.69, 9.17) is 4.74 Å². The Morgan fingerprint density at radius 3 is 2.16 bits per heavy atom. The Bertz CT molecular complexity index is 698. The van der Waals surface area contributed by atoms with Crippen molar-refractivity contribution in [3.63, 3.8) is 0 Å². The predicted octanol–water partition coefficient (Wildman–Crippen LogP) is 4.03. The molecule has 25 heavy (non-hydrogen) atoms. The fraction of sp³-hybridized carbons (Fsp3) is 0.381. The van der Waals surface area contributed by atoms with Crippen molar-refractivity contribution in [1.82, 2.24) is 4.90 Å². The summed E-state index contributed by atoms with van der Waals surface area (Å²) in [5.41, 5.74) is 4.84. The van der Waals surface area contributed by atoms with Crippen molar-refractivity contribution in [2.75, 3.05) is 19.7 Å². The molecule has 4 heteroatoms. The van der Waals surface area contributed by atoms with E-state index in [0.29, 0.717) is 26.1 Å². The second kappa shape index (κ2) is 7.70. The number of nitrogens with zero attached hydrogens (tertiary/aromatic N) is 1. The first-order valence-corrected chi connectivity index (χ1v) is 8.93. The van der Waals surface area contributed by atoms with Crippen LogP contribution in [-0.2, 0) is 4.74 Å². The fourth-order valence-corrected chi connectivity index (χ4v) is 3.40. The Balaban J connectivity index is 1.74. The second-order valence-electron chi connectivity index (χ2n) is 6.40. The lowest BCUT2D eigenvalue weighted by Crippen LogP contribution is -2.38. The number of aliphatic hydroxyl groups excluding tert-OH is 1. The topological polar surface area (TPSA) is 49.8 Å². The predicted molar refractivity (Wildman–Crippen MR) is 98.6 cm³/mol. The fourth-order valence-electron chi connectivity index (χ4n) is 3.40. The van der Waals surface area contributed by atoms with Crippen LogP contribution in [0, 0.1) is 0 Å². The molecule has 1 atom stereocenters. The maximum atomic E-state index is 12.4. The Kier molecular flexibility index (Phi) is 5.39. The van der Waals surface area contributed by atoms with Crippen molar-refractivity contribution in [1.29, 1.82) is 0 Å². The normalized spacial score (nSPS) is 13.9. The summed E-state index contributed by atoms with van der Waals surface area (Å²) < 4.78 is 5.61. The van der Waals surface area contributed by atoms with Crippen LogP contribution in [0.15, 0.2) is 48.5 Å². The molecular weight excluding hydrogens is 314 g/mol. The Labute approximate surface area is 149 Å². The molecule has 2 aromatic carbocycles. The van der Waals surface area contributed by atoms with Gasteiger partial charge in [0.25, 0.3) is 0 Å². The smallest absolute Gasteiger partial charge is 0.409 e. The van der Waals surface area contributed by atoms with E-state index in [1.54, 1.807) is 4.90 Å². The molecule has 0 radical (unpaired) electrons. The van der Waals surface area contributed by atoms with Crippen molar-refractivity contribution < 1.29 is 14.6 Å². The van der Waals surface area contributed by atoms with E-state index in [9.17, 15) is 9.90 Å². The number of fused-ring (bicyclic) bond motifs is 3. The molecule has 2 aromatic rings. The van der Waals surface area contributed by atoms with Crippen molar-refractivity contribution in [2.24, 2.45) is 0 Å². The minimum absolute atomic E-state index is 0.0613. The van der Waals surface area contributed by atoms with Crippen LogP contribution in [-0.4, -0.2) is 41.9 Å². The van der Waals surface area contributed by atoms with Gasteiger partial charge in [-0.1, -0.05) is 55.5 Å². The van der Waals surface area contributed by atoms with E-state index in [1.807, 2.05) is 38.1 Å². The number of amides is 1. The van der Waals surface area contributed by atoms with Gasteiger partial charge in [0.15, 0.2) is 0 Å². The van der Waals surface area contributed by atoms with E-state index in [2.05, 4.69) is 24.3 Å². The van der Waals surface area contributed by atoms with Crippen LogP contribution >= 0.6 is 0 Å². The summed E-state index contributed by atoms with van der Waals surface area (Å²) in [6.45, 7) is 4.93. The summed E-state index contributed by atoms with van der Waals surface area (Å²) in [6, 6.07) is 16.6. The van der Waals surface area contributed by atoms with Crippen LogP contribution in [0.2, 0.25) is 0 Å². The molecule has 0 saturated carbocycles. The summed E-state index contributed by atoms with van der Waals surface area (Å²) in [5.74, 6) is 0.0613. The van der Waals surface area contributed by atoms with Gasteiger partial charge in [0.1, 0.15) is 6.61 Å². The molecule has 4 nitrogen and oxygen atoms in total. The first-order chi connectivity index (χ1) is 12.2. The highest BCUT2D eigenvalue weighted by atomic mass is 16.6. The third kappa shape index (κ3) is 3.54. The number of hydrogen-bond donors (Lipinski definition) is 1. The van der Waals surface area contributed by atoms with E-state index >= 15 is 0 Å². The van der Waals surface area contributed by atoms with Crippen LogP contribution in [0.25, 0.3) is 11.1 Å². The number of hydrogen-bond acceptors (Lipinski definition) is 3. The van der Waals surface area contributed by atoms with Gasteiger partial charge in [-0.25, -0.2) is 4.79 Å². The molecule has 0 unspecified atom stereocenters. The Morgan fingerprint density at radius 1 is 1.08 bits per heavy atom. The van der Waals surface area contributed by atoms with Crippen LogP contribution in [0.1, 0.15) is 37.3 Å². The van der Waals surface area contributed by atoms with E-state index in [1.165, 1.54) is 22.3 Å². The third-order valence-corrected chi connectivity index (χ3v) is 4.88. The minimum Gasteiger partial charge on any atom is -0.448 e. The molecule has 1 N–H and O–H groups in total. The lowest BCUT2D eigenvalue weighted by atomic mass is 9.98. The summed E-state index contributed by atoms with van der Waals surface area (Å²) in [7, 11) is 0. The number of carbonyl (C=O) groups is 1. The lowest BCUT2D eigenvalue weighted by Gasteiger charge is -2.24. The van der Waals surface area contributed by atoms with E-state index < -0.39 is 6.10 Å². The van der Waals surface area contributed by atoms with Gasteiger partial charge in [-0.3, -0.25) is 0 Å². The maximum Gasteiger partial charge on any atom is 0.409 e. The molecule has 1 aliphatic rings. The van der Waals surface area contributed by atoms with E-state index in [0.717, 1.165) is 0 Å². The Morgan fingerprint density at radius 2 is 1.64 bits per heavy atom. The monoisotopic (exact) mass is 339 g/mol. The van der Waals surface area contributed by atoms with Crippen molar-refractivity contribution in [3.8, 4) is 11.1 Å². The molecule has 0 bridgehead atoms. The van der Waals surface area contributed by atoms with Gasteiger partial charge in [-0.2, -0.15) is 0 Å². The molecule has 0 heterocycles. The zero-order chi connectivity index (χ0) is 17.8. The van der Waals surface area contributed by atoms with Crippen molar-refractivity contribution in [2.45, 2.75) is 32.3 Å². The highest BCUT2D eigenvalue weighted by Gasteiger charge is 2.29. The van der Waals surface area contributed by atoms with Crippen LogP contribution in [0.4, 0.5) is 4.79 Å². The summed E-state index contributed by atoms with van der Waals surface area (Å²) in [6.07, 6.45) is -0.259. The average molecular weight is 339 g/mol. The molecule has 132 valence electrons. The SMILES string of the molecule is CC[C@@H](O)CN(CC)C(=O)OCC1c2ccccc2-c2ccccc21. The van der Waals surface area contributed by atoms with Gasteiger partial charge in [0.2, 0.25) is 0 Å². The largest absolute Gasteiger partial charge is 0.448 e. The van der Waals surface area contributed by atoms with Gasteiger partial charge in [-0.05, 0) is 35.6 Å². The van der Waals surface area contributed by atoms with E-state index in [-0.39, 0.29) is 12.0 Å². The van der Waals surface area contributed by atoms with Gasteiger partial charge < -0.3 is 14.7 Å². The number of benzene rings is 2. The molecule has 0 spiro atoms. The zero-order valence-electron chi connectivity index (χ0n) is 14.8. The molecule has 1 amide bonds. The van der Waals surface area contributed by atoms with Crippen molar-refractivity contribution in [3.05, 3.63) is 59.7 Å². The number of carbonyl (C=O) groups excluding carboxylic acids is 1. The van der Waals surface area contributed by atoms with Gasteiger partial charge in [0, 0.05) is 19.0 Å². The number of ether oxygens (including phenoxy) is 1. The zero-order valence-corrected chi connectivity index (χ0v) is 14.8. The van der Waals surface area contributed by atoms with Crippen molar-refractivity contribution >= 4 is 6.09 Å². The molecule has 0 aliphatic heterocycles. The first kappa shape index (κ1) is 17.5. The molecule has 0 aromatic heterocycles. The highest BCUT2D eigenvalue weighted by molar-refractivity contribution is 5.79. The number of rotatable bonds is 6. The molecule has 0 saturated heterocycles. The number of likely N-dealkylation sites (N-methyl/N-ethyl adjacent to an activating group) is 1. The van der Waals surface area contributed by atoms with Gasteiger partial charge in [-0.15, -0.1) is 0 Å². The van der Waals surface area contributed by atoms with Crippen LogP contribution in [0.3, 0.4) is 0 Å².